The quantitative estimate of drug-likeness (QED) is 0.354. The number of hydrogen-bond donors (Lipinski definition) is 1. The minimum atomic E-state index is -4.17. The molecule has 0 spiro atoms. The van der Waals surface area contributed by atoms with Gasteiger partial charge in [0.05, 0.1) is 17.7 Å². The van der Waals surface area contributed by atoms with E-state index in [2.05, 4.69) is 5.32 Å². The summed E-state index contributed by atoms with van der Waals surface area (Å²) in [5.41, 5.74) is 0.866. The van der Waals surface area contributed by atoms with Gasteiger partial charge in [0.15, 0.2) is 0 Å². The van der Waals surface area contributed by atoms with Crippen LogP contribution in [-0.4, -0.2) is 51.9 Å². The van der Waals surface area contributed by atoms with Gasteiger partial charge in [-0.15, -0.1) is 0 Å². The maximum absolute atomic E-state index is 13.9. The largest absolute Gasteiger partial charge is 0.497 e. The third-order valence-corrected chi connectivity index (χ3v) is 8.33. The Morgan fingerprint density at radius 1 is 1.00 bits per heavy atom. The van der Waals surface area contributed by atoms with Gasteiger partial charge in [-0.1, -0.05) is 54.4 Å². The summed E-state index contributed by atoms with van der Waals surface area (Å²) in [6, 6.07) is 18.2. The number of sulfonamides is 1. The van der Waals surface area contributed by atoms with E-state index in [9.17, 15) is 18.0 Å². The number of rotatable bonds is 11. The molecule has 0 bridgehead atoms. The number of nitrogens with zero attached hydrogens (tertiary/aromatic N) is 2. The maximum Gasteiger partial charge on any atom is 0.264 e. The number of para-hydroxylation sites is 1. The van der Waals surface area contributed by atoms with E-state index in [1.54, 1.807) is 55.5 Å². The minimum absolute atomic E-state index is 0.0133. The lowest BCUT2D eigenvalue weighted by Gasteiger charge is -2.33. The van der Waals surface area contributed by atoms with Gasteiger partial charge in [-0.25, -0.2) is 8.42 Å². The lowest BCUT2D eigenvalue weighted by atomic mass is 10.1. The fourth-order valence-corrected chi connectivity index (χ4v) is 5.80. The molecule has 3 aromatic rings. The van der Waals surface area contributed by atoms with Gasteiger partial charge in [0.2, 0.25) is 11.8 Å². The van der Waals surface area contributed by atoms with Crippen molar-refractivity contribution in [2.24, 2.45) is 0 Å². The molecule has 1 N–H and O–H groups in total. The average molecular weight is 579 g/mol. The first-order valence-electron chi connectivity index (χ1n) is 11.8. The van der Waals surface area contributed by atoms with Gasteiger partial charge < -0.3 is 15.0 Å². The Kier molecular flexibility index (Phi) is 10.0. The first-order valence-corrected chi connectivity index (χ1v) is 14.0. The summed E-state index contributed by atoms with van der Waals surface area (Å²) in [7, 11) is -1.20. The number of nitrogens with one attached hydrogen (secondary N) is 1. The van der Waals surface area contributed by atoms with Crippen molar-refractivity contribution >= 4 is 50.7 Å². The number of halogens is 2. The minimum Gasteiger partial charge on any atom is -0.497 e. The Labute approximate surface area is 233 Å². The lowest BCUT2D eigenvalue weighted by Crippen LogP contribution is -2.51. The van der Waals surface area contributed by atoms with Gasteiger partial charge in [0.1, 0.15) is 18.3 Å². The van der Waals surface area contributed by atoms with Crippen molar-refractivity contribution in [3.63, 3.8) is 0 Å². The Morgan fingerprint density at radius 2 is 1.66 bits per heavy atom. The molecule has 0 fully saturated rings. The zero-order chi connectivity index (χ0) is 27.9. The van der Waals surface area contributed by atoms with E-state index in [-0.39, 0.29) is 17.3 Å². The third-order valence-electron chi connectivity index (χ3n) is 5.96. The van der Waals surface area contributed by atoms with Crippen molar-refractivity contribution in [2.45, 2.75) is 30.8 Å². The molecule has 1 atom stereocenters. The van der Waals surface area contributed by atoms with Crippen molar-refractivity contribution in [1.82, 2.24) is 10.2 Å². The second-order valence-electron chi connectivity index (χ2n) is 8.32. The average Bonchev–Trinajstić information content (AvgIpc) is 2.92. The highest BCUT2D eigenvalue weighted by Gasteiger charge is 2.33. The topological polar surface area (TPSA) is 96.0 Å². The molecule has 0 aromatic heterocycles. The van der Waals surface area contributed by atoms with E-state index < -0.39 is 28.5 Å². The van der Waals surface area contributed by atoms with Crippen LogP contribution in [0.4, 0.5) is 5.69 Å². The highest BCUT2D eigenvalue weighted by Crippen LogP contribution is 2.27. The molecule has 0 aliphatic rings. The molecule has 0 radical (unpaired) electrons. The smallest absolute Gasteiger partial charge is 0.264 e. The zero-order valence-corrected chi connectivity index (χ0v) is 23.6. The van der Waals surface area contributed by atoms with Gasteiger partial charge >= 0.3 is 0 Å². The summed E-state index contributed by atoms with van der Waals surface area (Å²) in [5.74, 6) is -0.462. The third kappa shape index (κ3) is 6.78. The molecule has 0 saturated heterocycles. The van der Waals surface area contributed by atoms with Crippen molar-refractivity contribution < 1.29 is 22.7 Å². The molecule has 2 amide bonds. The van der Waals surface area contributed by atoms with Gasteiger partial charge in [0.25, 0.3) is 10.0 Å². The molecular formula is C27H29Cl2N3O5S. The first-order chi connectivity index (χ1) is 18.1. The Bertz CT molecular complexity index is 1370. The van der Waals surface area contributed by atoms with Crippen LogP contribution in [0.25, 0.3) is 0 Å². The molecule has 3 aromatic carbocycles. The normalized spacial score (nSPS) is 11.9. The van der Waals surface area contributed by atoms with Crippen LogP contribution in [-0.2, 0) is 26.2 Å². The summed E-state index contributed by atoms with van der Waals surface area (Å²) >= 11 is 12.4. The van der Waals surface area contributed by atoms with E-state index in [0.717, 1.165) is 4.31 Å². The number of amides is 2. The summed E-state index contributed by atoms with van der Waals surface area (Å²) in [4.78, 5) is 27.9. The first kappa shape index (κ1) is 29.3. The predicted octanol–water partition coefficient (Wildman–Crippen LogP) is 4.75. The summed E-state index contributed by atoms with van der Waals surface area (Å²) in [5, 5.41) is 3.34. The summed E-state index contributed by atoms with van der Waals surface area (Å²) in [6.45, 7) is 1.20. The predicted molar refractivity (Wildman–Crippen MR) is 149 cm³/mol. The van der Waals surface area contributed by atoms with E-state index in [0.29, 0.717) is 33.5 Å². The van der Waals surface area contributed by atoms with Crippen LogP contribution in [0.15, 0.2) is 77.7 Å². The van der Waals surface area contributed by atoms with Crippen LogP contribution < -0.4 is 14.4 Å². The van der Waals surface area contributed by atoms with Crippen LogP contribution in [0.3, 0.4) is 0 Å². The fourth-order valence-electron chi connectivity index (χ4n) is 3.92. The molecule has 0 unspecified atom stereocenters. The number of methoxy groups -OCH3 is 1. The monoisotopic (exact) mass is 577 g/mol. The zero-order valence-electron chi connectivity index (χ0n) is 21.2. The molecule has 202 valence electrons. The van der Waals surface area contributed by atoms with Gasteiger partial charge in [0, 0.05) is 23.6 Å². The molecule has 0 heterocycles. The number of anilines is 1. The van der Waals surface area contributed by atoms with Crippen LogP contribution in [0.2, 0.25) is 10.0 Å². The molecular weight excluding hydrogens is 549 g/mol. The van der Waals surface area contributed by atoms with Gasteiger partial charge in [-0.3, -0.25) is 13.9 Å². The van der Waals surface area contributed by atoms with Crippen LogP contribution >= 0.6 is 23.2 Å². The fraction of sp³-hybridized carbons (Fsp3) is 0.259. The van der Waals surface area contributed by atoms with E-state index in [1.165, 1.54) is 43.3 Å². The Hall–Kier alpha value is -3.27. The summed E-state index contributed by atoms with van der Waals surface area (Å²) in [6.07, 6.45) is 0.299. The van der Waals surface area contributed by atoms with E-state index in [1.807, 2.05) is 0 Å². The molecule has 0 saturated carbocycles. The maximum atomic E-state index is 13.9. The van der Waals surface area contributed by atoms with Crippen molar-refractivity contribution in [1.29, 1.82) is 0 Å². The van der Waals surface area contributed by atoms with Crippen LogP contribution in [0.5, 0.6) is 5.75 Å². The number of ether oxygens (including phenoxy) is 1. The van der Waals surface area contributed by atoms with Crippen LogP contribution in [0, 0.1) is 0 Å². The highest BCUT2D eigenvalue weighted by molar-refractivity contribution is 7.92. The Morgan fingerprint density at radius 3 is 2.21 bits per heavy atom. The number of likely N-dealkylation sites (N-methyl/N-ethyl adjacent to an activating group) is 1. The van der Waals surface area contributed by atoms with Crippen LogP contribution in [0.1, 0.15) is 18.9 Å². The SMILES string of the molecule is CC[C@@H](C(=O)NC)N(Cc1ccc(Cl)cc1Cl)C(=O)CN(c1ccccc1)S(=O)(=O)c1ccc(OC)cc1. The lowest BCUT2D eigenvalue weighted by molar-refractivity contribution is -0.140. The molecule has 3 rings (SSSR count). The molecule has 0 aliphatic carbocycles. The second kappa shape index (κ2) is 13.0. The number of benzene rings is 3. The highest BCUT2D eigenvalue weighted by atomic mass is 35.5. The van der Waals surface area contributed by atoms with Gasteiger partial charge in [-0.05, 0) is 60.5 Å². The molecule has 38 heavy (non-hydrogen) atoms. The standard InChI is InChI=1S/C27H29Cl2N3O5S/c1-4-25(27(34)30-2)31(17-19-10-11-20(28)16-24(19)29)26(33)18-32(21-8-6-5-7-9-21)38(35,36)23-14-12-22(37-3)13-15-23/h5-16,25H,4,17-18H2,1-3H3,(H,30,34)/t25-/m0/s1. The number of hydrogen-bond acceptors (Lipinski definition) is 5. The number of carbonyl (C=O) groups excluding carboxylic acids is 2. The summed E-state index contributed by atoms with van der Waals surface area (Å²) < 4.78 is 33.7. The molecule has 0 aliphatic heterocycles. The number of carbonyl (C=O) groups is 2. The van der Waals surface area contributed by atoms with E-state index in [4.69, 9.17) is 27.9 Å². The Balaban J connectivity index is 2.05. The molecule has 8 nitrogen and oxygen atoms in total. The van der Waals surface area contributed by atoms with Crippen molar-refractivity contribution in [2.75, 3.05) is 25.0 Å². The van der Waals surface area contributed by atoms with Crippen molar-refractivity contribution in [3.05, 3.63) is 88.4 Å². The molecule has 11 heteroatoms. The second-order valence-corrected chi connectivity index (χ2v) is 11.0. The van der Waals surface area contributed by atoms with Crippen molar-refractivity contribution in [3.8, 4) is 5.75 Å². The van der Waals surface area contributed by atoms with Gasteiger partial charge in [-0.2, -0.15) is 0 Å². The van der Waals surface area contributed by atoms with E-state index >= 15 is 0 Å².